The van der Waals surface area contributed by atoms with E-state index in [1.807, 2.05) is 0 Å². The van der Waals surface area contributed by atoms with E-state index in [1.54, 1.807) is 51.1 Å². The summed E-state index contributed by atoms with van der Waals surface area (Å²) >= 11 is 0. The first-order valence-corrected chi connectivity index (χ1v) is 6.27. The number of hydrogen-bond acceptors (Lipinski definition) is 5. The minimum absolute atomic E-state index is 0.0880. The largest absolute Gasteiger partial charge is 0.499 e. The Balaban J connectivity index is 2.87. The van der Waals surface area contributed by atoms with Crippen molar-refractivity contribution < 1.29 is 29.3 Å². The number of hydrogen-bond donors (Lipinski definition) is 2. The van der Waals surface area contributed by atoms with Crippen LogP contribution in [-0.2, 0) is 25.7 Å². The van der Waals surface area contributed by atoms with Crippen LogP contribution in [0.25, 0.3) is 0 Å². The number of carbonyl (C=O) groups is 2. The van der Waals surface area contributed by atoms with Crippen molar-refractivity contribution in [3.63, 3.8) is 0 Å². The molecule has 0 aromatic heterocycles. The van der Waals surface area contributed by atoms with Crippen molar-refractivity contribution in [2.75, 3.05) is 0 Å². The van der Waals surface area contributed by atoms with Gasteiger partial charge < -0.3 is 19.7 Å². The molecule has 2 N–H and O–H groups in total. The Morgan fingerprint density at radius 1 is 1.10 bits per heavy atom. The number of rotatable bonds is 5. The minimum atomic E-state index is -1.55. The molecule has 1 aromatic carbocycles. The fourth-order valence-corrected chi connectivity index (χ4v) is 1.38. The minimum Gasteiger partial charge on any atom is -0.499 e. The van der Waals surface area contributed by atoms with Crippen LogP contribution in [0.5, 0.6) is 0 Å². The van der Waals surface area contributed by atoms with E-state index in [0.29, 0.717) is 5.56 Å². The van der Waals surface area contributed by atoms with Crippen LogP contribution in [0.2, 0.25) is 0 Å². The summed E-state index contributed by atoms with van der Waals surface area (Å²) in [6.07, 6.45) is 0. The molecule has 0 bridgehead atoms. The molecule has 114 valence electrons. The predicted molar refractivity (Wildman–Crippen MR) is 74.4 cm³/mol. The molecule has 6 nitrogen and oxygen atoms in total. The Kier molecular flexibility index (Phi) is 5.35. The van der Waals surface area contributed by atoms with Crippen LogP contribution in [-0.4, -0.2) is 27.8 Å². The van der Waals surface area contributed by atoms with E-state index in [2.05, 4.69) is 0 Å². The van der Waals surface area contributed by atoms with Crippen LogP contribution < -0.4 is 0 Å². The zero-order valence-electron chi connectivity index (χ0n) is 12.1. The number of carbonyl (C=O) groups excluding carboxylic acids is 1. The van der Waals surface area contributed by atoms with Crippen LogP contribution in [0.4, 0.5) is 0 Å². The third-order valence-electron chi connectivity index (χ3n) is 2.23. The van der Waals surface area contributed by atoms with Crippen molar-refractivity contribution >= 4 is 11.9 Å². The van der Waals surface area contributed by atoms with Crippen molar-refractivity contribution in [2.24, 2.45) is 0 Å². The molecule has 0 aliphatic carbocycles. The van der Waals surface area contributed by atoms with Crippen molar-refractivity contribution in [3.8, 4) is 0 Å². The molecule has 0 atom stereocenters. The molecular formula is C15H18O6. The molecule has 0 spiro atoms. The summed E-state index contributed by atoms with van der Waals surface area (Å²) in [5.74, 6) is -4.59. The predicted octanol–water partition coefficient (Wildman–Crippen LogP) is 2.40. The molecule has 0 aliphatic heterocycles. The maximum Gasteiger partial charge on any atom is 0.378 e. The summed E-state index contributed by atoms with van der Waals surface area (Å²) in [5.41, 5.74) is -0.151. The van der Waals surface area contributed by atoms with Gasteiger partial charge in [-0.3, -0.25) is 0 Å². The molecule has 0 aliphatic rings. The zero-order chi connectivity index (χ0) is 16.0. The molecule has 0 heterocycles. The van der Waals surface area contributed by atoms with Gasteiger partial charge in [-0.15, -0.1) is 0 Å². The molecule has 21 heavy (non-hydrogen) atoms. The first kappa shape index (κ1) is 16.6. The number of carboxylic acids is 1. The van der Waals surface area contributed by atoms with Crippen LogP contribution in [0.3, 0.4) is 0 Å². The molecule has 0 radical (unpaired) electrons. The Hall–Kier alpha value is -2.50. The first-order chi connectivity index (χ1) is 9.70. The second kappa shape index (κ2) is 6.78. The molecule has 0 amide bonds. The number of ether oxygens (including phenoxy) is 2. The summed E-state index contributed by atoms with van der Waals surface area (Å²) in [6.45, 7) is 4.71. The van der Waals surface area contributed by atoms with Crippen molar-refractivity contribution in [1.82, 2.24) is 0 Å². The Labute approximate surface area is 122 Å². The number of benzene rings is 1. The summed E-state index contributed by atoms with van der Waals surface area (Å²) in [6, 6.07) is 8.77. The highest BCUT2D eigenvalue weighted by Gasteiger charge is 2.27. The fraction of sp³-hybridized carbons (Fsp3) is 0.333. The van der Waals surface area contributed by atoms with Crippen molar-refractivity contribution in [3.05, 3.63) is 47.4 Å². The summed E-state index contributed by atoms with van der Waals surface area (Å²) in [5, 5.41) is 18.7. The second-order valence-electron chi connectivity index (χ2n) is 5.26. The van der Waals surface area contributed by atoms with Crippen LogP contribution >= 0.6 is 0 Å². The van der Waals surface area contributed by atoms with Gasteiger partial charge in [-0.05, 0) is 26.3 Å². The SMILES string of the molecule is CC(C)(C)OC(=O)C(O)=C(OCc1ccccc1)C(=O)O. The summed E-state index contributed by atoms with van der Waals surface area (Å²) < 4.78 is 9.91. The molecule has 1 aromatic rings. The van der Waals surface area contributed by atoms with Gasteiger partial charge >= 0.3 is 11.9 Å². The standard InChI is InChI=1S/C15H18O6/c1-15(2,3)21-14(19)11(16)12(13(17)18)20-9-10-7-5-4-6-8-10/h4-8,16H,9H2,1-3H3,(H,17,18). The highest BCUT2D eigenvalue weighted by atomic mass is 16.6. The molecule has 0 saturated heterocycles. The van der Waals surface area contributed by atoms with Gasteiger partial charge in [0.1, 0.15) is 12.2 Å². The van der Waals surface area contributed by atoms with Crippen LogP contribution in [0.1, 0.15) is 26.3 Å². The molecular weight excluding hydrogens is 276 g/mol. The zero-order valence-corrected chi connectivity index (χ0v) is 12.1. The molecule has 0 saturated carbocycles. The molecule has 1 rings (SSSR count). The van der Waals surface area contributed by atoms with Crippen molar-refractivity contribution in [1.29, 1.82) is 0 Å². The van der Waals surface area contributed by atoms with E-state index >= 15 is 0 Å². The molecule has 0 fully saturated rings. The number of aliphatic hydroxyl groups is 1. The monoisotopic (exact) mass is 294 g/mol. The smallest absolute Gasteiger partial charge is 0.378 e. The lowest BCUT2D eigenvalue weighted by Crippen LogP contribution is -2.26. The maximum atomic E-state index is 11.6. The van der Waals surface area contributed by atoms with E-state index in [0.717, 1.165) is 0 Å². The number of aliphatic hydroxyl groups excluding tert-OH is 1. The third kappa shape index (κ3) is 5.56. The third-order valence-corrected chi connectivity index (χ3v) is 2.23. The van der Waals surface area contributed by atoms with Gasteiger partial charge in [0.05, 0.1) is 0 Å². The first-order valence-electron chi connectivity index (χ1n) is 6.27. The highest BCUT2D eigenvalue weighted by molar-refractivity contribution is 5.96. The van der Waals surface area contributed by atoms with Gasteiger partial charge in [0, 0.05) is 0 Å². The Bertz CT molecular complexity index is 539. The average Bonchev–Trinajstić information content (AvgIpc) is 2.37. The lowest BCUT2D eigenvalue weighted by atomic mass is 10.2. The van der Waals surface area contributed by atoms with E-state index < -0.39 is 29.1 Å². The number of carboxylic acid groups (broad SMARTS) is 1. The van der Waals surface area contributed by atoms with Gasteiger partial charge in [0.25, 0.3) is 11.5 Å². The lowest BCUT2D eigenvalue weighted by molar-refractivity contribution is -0.155. The summed E-state index contributed by atoms with van der Waals surface area (Å²) in [7, 11) is 0. The van der Waals surface area contributed by atoms with E-state index in [-0.39, 0.29) is 6.61 Å². The lowest BCUT2D eigenvalue weighted by Gasteiger charge is -2.19. The topological polar surface area (TPSA) is 93.1 Å². The number of aliphatic carboxylic acids is 1. The van der Waals surface area contributed by atoms with E-state index in [4.69, 9.17) is 14.6 Å². The quantitative estimate of drug-likeness (QED) is 0.492. The normalized spacial score (nSPS) is 12.3. The molecule has 6 heteroatoms. The Morgan fingerprint density at radius 3 is 2.14 bits per heavy atom. The Morgan fingerprint density at radius 2 is 1.67 bits per heavy atom. The molecule has 0 unspecified atom stereocenters. The highest BCUT2D eigenvalue weighted by Crippen LogP contribution is 2.14. The van der Waals surface area contributed by atoms with E-state index in [9.17, 15) is 14.7 Å². The van der Waals surface area contributed by atoms with Gasteiger partial charge in [0.15, 0.2) is 0 Å². The van der Waals surface area contributed by atoms with E-state index in [1.165, 1.54) is 0 Å². The van der Waals surface area contributed by atoms with Gasteiger partial charge in [0.2, 0.25) is 0 Å². The van der Waals surface area contributed by atoms with Crippen molar-refractivity contribution in [2.45, 2.75) is 33.0 Å². The van der Waals surface area contributed by atoms with Gasteiger partial charge in [-0.2, -0.15) is 0 Å². The summed E-state index contributed by atoms with van der Waals surface area (Å²) in [4.78, 5) is 22.7. The van der Waals surface area contributed by atoms with Gasteiger partial charge in [-0.1, -0.05) is 30.3 Å². The maximum absolute atomic E-state index is 11.6. The van der Waals surface area contributed by atoms with Crippen LogP contribution in [0.15, 0.2) is 41.9 Å². The van der Waals surface area contributed by atoms with Gasteiger partial charge in [-0.25, -0.2) is 9.59 Å². The fourth-order valence-electron chi connectivity index (χ4n) is 1.38. The number of esters is 1. The van der Waals surface area contributed by atoms with Crippen LogP contribution in [0, 0.1) is 0 Å². The second-order valence-corrected chi connectivity index (χ2v) is 5.26. The average molecular weight is 294 g/mol.